The van der Waals surface area contributed by atoms with Gasteiger partial charge in [0.25, 0.3) is 0 Å². The lowest BCUT2D eigenvalue weighted by molar-refractivity contribution is -0.117. The average molecular weight is 286 g/mol. The molecular formula is C16H18N2OS. The van der Waals surface area contributed by atoms with Crippen molar-refractivity contribution < 1.29 is 4.79 Å². The predicted octanol–water partition coefficient (Wildman–Crippen LogP) is 2.92. The van der Waals surface area contributed by atoms with Gasteiger partial charge in [0.15, 0.2) is 0 Å². The first-order chi connectivity index (χ1) is 9.70. The number of para-hydroxylation sites is 1. The molecular weight excluding hydrogens is 268 g/mol. The van der Waals surface area contributed by atoms with Crippen LogP contribution in [0, 0.1) is 0 Å². The molecule has 0 saturated heterocycles. The van der Waals surface area contributed by atoms with Gasteiger partial charge in [0.1, 0.15) is 0 Å². The quantitative estimate of drug-likeness (QED) is 0.831. The van der Waals surface area contributed by atoms with Crippen molar-refractivity contribution in [2.45, 2.75) is 17.4 Å². The molecule has 0 aliphatic rings. The van der Waals surface area contributed by atoms with Crippen molar-refractivity contribution in [1.29, 1.82) is 0 Å². The van der Waals surface area contributed by atoms with Crippen LogP contribution in [-0.4, -0.2) is 18.2 Å². The number of benzene rings is 2. The second-order valence-corrected chi connectivity index (χ2v) is 5.33. The van der Waals surface area contributed by atoms with Gasteiger partial charge in [0.05, 0.1) is 11.7 Å². The molecule has 0 fully saturated rings. The number of rotatable bonds is 5. The Hall–Kier alpha value is -1.78. The van der Waals surface area contributed by atoms with Crippen LogP contribution in [0.5, 0.6) is 0 Å². The number of nitrogens with two attached hydrogens (primary N) is 1. The highest BCUT2D eigenvalue weighted by molar-refractivity contribution is 7.98. The summed E-state index contributed by atoms with van der Waals surface area (Å²) in [7, 11) is 0. The molecule has 3 nitrogen and oxygen atoms in total. The second kappa shape index (κ2) is 7.12. The van der Waals surface area contributed by atoms with Gasteiger partial charge in [-0.25, -0.2) is 0 Å². The van der Waals surface area contributed by atoms with Crippen LogP contribution in [0.25, 0.3) is 0 Å². The highest BCUT2D eigenvalue weighted by Crippen LogP contribution is 2.24. The molecule has 3 N–H and O–H groups in total. The summed E-state index contributed by atoms with van der Waals surface area (Å²) in [6.45, 7) is 0. The zero-order valence-corrected chi connectivity index (χ0v) is 12.2. The number of carbonyl (C=O) groups excluding carboxylic acids is 1. The van der Waals surface area contributed by atoms with E-state index in [2.05, 4.69) is 5.32 Å². The number of thioether (sulfide) groups is 1. The lowest BCUT2D eigenvalue weighted by Crippen LogP contribution is -2.37. The van der Waals surface area contributed by atoms with Gasteiger partial charge in [-0.1, -0.05) is 42.5 Å². The van der Waals surface area contributed by atoms with E-state index in [4.69, 9.17) is 5.73 Å². The molecule has 20 heavy (non-hydrogen) atoms. The Morgan fingerprint density at radius 3 is 2.50 bits per heavy atom. The van der Waals surface area contributed by atoms with Gasteiger partial charge in [-0.2, -0.15) is 0 Å². The monoisotopic (exact) mass is 286 g/mol. The van der Waals surface area contributed by atoms with E-state index < -0.39 is 6.04 Å². The van der Waals surface area contributed by atoms with Gasteiger partial charge < -0.3 is 11.1 Å². The highest BCUT2D eigenvalue weighted by Gasteiger charge is 2.15. The molecule has 104 valence electrons. The number of carbonyl (C=O) groups is 1. The van der Waals surface area contributed by atoms with E-state index in [1.54, 1.807) is 11.8 Å². The van der Waals surface area contributed by atoms with Crippen molar-refractivity contribution in [3.05, 3.63) is 60.2 Å². The van der Waals surface area contributed by atoms with E-state index in [1.165, 1.54) is 0 Å². The van der Waals surface area contributed by atoms with Crippen molar-refractivity contribution >= 4 is 23.4 Å². The van der Waals surface area contributed by atoms with Gasteiger partial charge in [-0.05, 0) is 30.4 Å². The van der Waals surface area contributed by atoms with Crippen LogP contribution in [0.3, 0.4) is 0 Å². The van der Waals surface area contributed by atoms with E-state index >= 15 is 0 Å². The third kappa shape index (κ3) is 3.85. The molecule has 0 saturated carbocycles. The fourth-order valence-electron chi connectivity index (χ4n) is 1.93. The van der Waals surface area contributed by atoms with Crippen LogP contribution in [-0.2, 0) is 11.2 Å². The third-order valence-electron chi connectivity index (χ3n) is 3.00. The molecule has 0 radical (unpaired) electrons. The van der Waals surface area contributed by atoms with E-state index in [0.717, 1.165) is 16.1 Å². The summed E-state index contributed by atoms with van der Waals surface area (Å²) >= 11 is 1.60. The SMILES string of the molecule is CSc1ccccc1NC(=O)C(N)Cc1ccccc1. The van der Waals surface area contributed by atoms with Crippen molar-refractivity contribution in [1.82, 2.24) is 0 Å². The maximum atomic E-state index is 12.1. The molecule has 0 bridgehead atoms. The number of hydrogen-bond donors (Lipinski definition) is 2. The van der Waals surface area contributed by atoms with Crippen LogP contribution >= 0.6 is 11.8 Å². The van der Waals surface area contributed by atoms with Crippen molar-refractivity contribution in [2.24, 2.45) is 5.73 Å². The summed E-state index contributed by atoms with van der Waals surface area (Å²) in [5.41, 5.74) is 7.85. The largest absolute Gasteiger partial charge is 0.324 e. The molecule has 1 atom stereocenters. The van der Waals surface area contributed by atoms with Crippen LogP contribution in [0.1, 0.15) is 5.56 Å². The molecule has 0 aliphatic carbocycles. The Morgan fingerprint density at radius 2 is 1.80 bits per heavy atom. The number of amides is 1. The number of hydrogen-bond acceptors (Lipinski definition) is 3. The van der Waals surface area contributed by atoms with E-state index in [1.807, 2.05) is 60.9 Å². The lowest BCUT2D eigenvalue weighted by Gasteiger charge is -2.14. The van der Waals surface area contributed by atoms with Crippen LogP contribution < -0.4 is 11.1 Å². The molecule has 2 rings (SSSR count). The zero-order valence-electron chi connectivity index (χ0n) is 11.4. The van der Waals surface area contributed by atoms with Gasteiger partial charge in [0, 0.05) is 4.90 Å². The summed E-state index contributed by atoms with van der Waals surface area (Å²) in [4.78, 5) is 13.2. The fourth-order valence-corrected chi connectivity index (χ4v) is 2.49. The van der Waals surface area contributed by atoms with E-state index in [-0.39, 0.29) is 5.91 Å². The molecule has 2 aromatic rings. The second-order valence-electron chi connectivity index (χ2n) is 4.49. The first-order valence-corrected chi connectivity index (χ1v) is 7.66. The van der Waals surface area contributed by atoms with Gasteiger partial charge in [0.2, 0.25) is 5.91 Å². The minimum absolute atomic E-state index is 0.157. The minimum Gasteiger partial charge on any atom is -0.324 e. The normalized spacial score (nSPS) is 11.9. The Balaban J connectivity index is 2.01. The highest BCUT2D eigenvalue weighted by atomic mass is 32.2. The van der Waals surface area contributed by atoms with Gasteiger partial charge in [-0.3, -0.25) is 4.79 Å². The van der Waals surface area contributed by atoms with E-state index in [9.17, 15) is 4.79 Å². The molecule has 0 aromatic heterocycles. The fraction of sp³-hybridized carbons (Fsp3) is 0.188. The summed E-state index contributed by atoms with van der Waals surface area (Å²) < 4.78 is 0. The molecule has 1 amide bonds. The summed E-state index contributed by atoms with van der Waals surface area (Å²) in [6, 6.07) is 17.0. The third-order valence-corrected chi connectivity index (χ3v) is 3.80. The summed E-state index contributed by atoms with van der Waals surface area (Å²) in [5.74, 6) is -0.157. The van der Waals surface area contributed by atoms with Crippen molar-refractivity contribution in [3.8, 4) is 0 Å². The maximum absolute atomic E-state index is 12.1. The smallest absolute Gasteiger partial charge is 0.241 e. The van der Waals surface area contributed by atoms with Crippen molar-refractivity contribution in [3.63, 3.8) is 0 Å². The molecule has 2 aromatic carbocycles. The Labute approximate surface area is 123 Å². The average Bonchev–Trinajstić information content (AvgIpc) is 2.48. The van der Waals surface area contributed by atoms with Gasteiger partial charge in [-0.15, -0.1) is 11.8 Å². The van der Waals surface area contributed by atoms with Crippen LogP contribution in [0.4, 0.5) is 5.69 Å². The molecule has 0 heterocycles. The first kappa shape index (κ1) is 14.6. The first-order valence-electron chi connectivity index (χ1n) is 6.44. The molecule has 1 unspecified atom stereocenters. The number of nitrogens with one attached hydrogen (secondary N) is 1. The molecule has 4 heteroatoms. The number of anilines is 1. The molecule has 0 spiro atoms. The minimum atomic E-state index is -0.549. The summed E-state index contributed by atoms with van der Waals surface area (Å²) in [5, 5.41) is 2.90. The zero-order chi connectivity index (χ0) is 14.4. The summed E-state index contributed by atoms with van der Waals surface area (Å²) in [6.07, 6.45) is 2.52. The Bertz CT molecular complexity index is 572. The van der Waals surface area contributed by atoms with Gasteiger partial charge >= 0.3 is 0 Å². The topological polar surface area (TPSA) is 55.1 Å². The van der Waals surface area contributed by atoms with Crippen LogP contribution in [0.2, 0.25) is 0 Å². The Morgan fingerprint density at radius 1 is 1.15 bits per heavy atom. The standard InChI is InChI=1S/C16H18N2OS/c1-20-15-10-6-5-9-14(15)18-16(19)13(17)11-12-7-3-2-4-8-12/h2-10,13H,11,17H2,1H3,(H,18,19). The Kier molecular flexibility index (Phi) is 5.21. The lowest BCUT2D eigenvalue weighted by atomic mass is 10.1. The molecule has 0 aliphatic heterocycles. The maximum Gasteiger partial charge on any atom is 0.241 e. The van der Waals surface area contributed by atoms with Crippen LogP contribution in [0.15, 0.2) is 59.5 Å². The van der Waals surface area contributed by atoms with E-state index in [0.29, 0.717) is 6.42 Å². The predicted molar refractivity (Wildman–Crippen MR) is 85.0 cm³/mol. The van der Waals surface area contributed by atoms with Crippen molar-refractivity contribution in [2.75, 3.05) is 11.6 Å².